The second-order valence-corrected chi connectivity index (χ2v) is 4.79. The van der Waals surface area contributed by atoms with Crippen molar-refractivity contribution in [3.63, 3.8) is 0 Å². The maximum Gasteiger partial charge on any atom is 0.237 e. The number of rotatable bonds is 6. The second kappa shape index (κ2) is 6.19. The lowest BCUT2D eigenvalue weighted by Crippen LogP contribution is -2.49. The molecule has 7 heteroatoms. The van der Waals surface area contributed by atoms with E-state index in [0.717, 1.165) is 4.90 Å². The summed E-state index contributed by atoms with van der Waals surface area (Å²) in [5.74, 6) is -1.76. The summed E-state index contributed by atoms with van der Waals surface area (Å²) in [5.41, 5.74) is 9.73. The third-order valence-corrected chi connectivity index (χ3v) is 1.82. The molecule has 0 saturated carbocycles. The molecule has 0 bridgehead atoms. The summed E-state index contributed by atoms with van der Waals surface area (Å²) in [5, 5.41) is 2.95. The minimum atomic E-state index is -0.685. The summed E-state index contributed by atoms with van der Waals surface area (Å²) in [6, 6.07) is 0. The molecule has 0 rings (SSSR count). The van der Waals surface area contributed by atoms with Crippen molar-refractivity contribution in [2.24, 2.45) is 11.5 Å². The number of amides is 3. The van der Waals surface area contributed by atoms with Gasteiger partial charge in [-0.1, -0.05) is 0 Å². The zero-order chi connectivity index (χ0) is 13.6. The zero-order valence-electron chi connectivity index (χ0n) is 10.4. The Morgan fingerprint density at radius 3 is 1.76 bits per heavy atom. The summed E-state index contributed by atoms with van der Waals surface area (Å²) in [4.78, 5) is 34.2. The van der Waals surface area contributed by atoms with E-state index in [1.807, 2.05) is 20.8 Å². The molecule has 0 unspecified atom stereocenters. The molecule has 0 atom stereocenters. The molecule has 0 fully saturated rings. The van der Waals surface area contributed by atoms with Gasteiger partial charge in [-0.25, -0.2) is 0 Å². The first-order valence-corrected chi connectivity index (χ1v) is 5.21. The van der Waals surface area contributed by atoms with Gasteiger partial charge in [-0.3, -0.25) is 14.4 Å². The summed E-state index contributed by atoms with van der Waals surface area (Å²) in [7, 11) is 0. The molecule has 0 aromatic heterocycles. The van der Waals surface area contributed by atoms with Crippen molar-refractivity contribution in [3.8, 4) is 0 Å². The molecule has 0 saturated heterocycles. The van der Waals surface area contributed by atoms with Gasteiger partial charge in [-0.05, 0) is 20.8 Å². The van der Waals surface area contributed by atoms with E-state index >= 15 is 0 Å². The first-order valence-electron chi connectivity index (χ1n) is 5.21. The molecule has 0 aromatic rings. The highest BCUT2D eigenvalue weighted by Gasteiger charge is 2.19. The lowest BCUT2D eigenvalue weighted by molar-refractivity contribution is -0.137. The number of primary amides is 2. The van der Waals surface area contributed by atoms with Crippen LogP contribution in [0.4, 0.5) is 0 Å². The van der Waals surface area contributed by atoms with E-state index in [2.05, 4.69) is 5.32 Å². The van der Waals surface area contributed by atoms with Gasteiger partial charge >= 0.3 is 0 Å². The highest BCUT2D eigenvalue weighted by Crippen LogP contribution is 1.98. The first-order chi connectivity index (χ1) is 7.61. The fourth-order valence-corrected chi connectivity index (χ4v) is 1.06. The maximum atomic E-state index is 11.7. The van der Waals surface area contributed by atoms with Crippen LogP contribution in [-0.4, -0.2) is 47.8 Å². The van der Waals surface area contributed by atoms with Crippen molar-refractivity contribution >= 4 is 17.7 Å². The predicted octanol–water partition coefficient (Wildman–Crippen LogP) is -1.83. The van der Waals surface area contributed by atoms with Gasteiger partial charge in [0.15, 0.2) is 0 Å². The SMILES string of the molecule is CC(C)(C)NCC(=O)N(CC(N)=O)CC(N)=O. The number of carbonyl (C=O) groups is 3. The van der Waals surface area contributed by atoms with Crippen LogP contribution in [0.25, 0.3) is 0 Å². The Balaban J connectivity index is 4.42. The van der Waals surface area contributed by atoms with E-state index in [9.17, 15) is 14.4 Å². The lowest BCUT2D eigenvalue weighted by atomic mass is 10.1. The Morgan fingerprint density at radius 1 is 1.06 bits per heavy atom. The minimum Gasteiger partial charge on any atom is -0.368 e. The van der Waals surface area contributed by atoms with Crippen LogP contribution in [0.1, 0.15) is 20.8 Å². The van der Waals surface area contributed by atoms with Gasteiger partial charge in [0.25, 0.3) is 0 Å². The quantitative estimate of drug-likeness (QED) is 0.509. The molecule has 0 heterocycles. The van der Waals surface area contributed by atoms with Gasteiger partial charge in [0, 0.05) is 5.54 Å². The molecule has 0 aromatic carbocycles. The van der Waals surface area contributed by atoms with Gasteiger partial charge in [0.05, 0.1) is 19.6 Å². The summed E-state index contributed by atoms with van der Waals surface area (Å²) in [6.45, 7) is 5.08. The van der Waals surface area contributed by atoms with Crippen LogP contribution in [0.2, 0.25) is 0 Å². The number of nitrogens with two attached hydrogens (primary N) is 2. The second-order valence-electron chi connectivity index (χ2n) is 4.79. The molecule has 0 spiro atoms. The Hall–Kier alpha value is -1.63. The monoisotopic (exact) mass is 244 g/mol. The van der Waals surface area contributed by atoms with Crippen molar-refractivity contribution in [1.29, 1.82) is 0 Å². The Bertz CT molecular complexity index is 293. The molecular weight excluding hydrogens is 224 g/mol. The molecule has 98 valence electrons. The van der Waals surface area contributed by atoms with E-state index in [1.165, 1.54) is 0 Å². The summed E-state index contributed by atoms with van der Waals surface area (Å²) >= 11 is 0. The van der Waals surface area contributed by atoms with Gasteiger partial charge in [0.1, 0.15) is 0 Å². The standard InChI is InChI=1S/C10H20N4O3/c1-10(2,3)13-4-9(17)14(5-7(11)15)6-8(12)16/h13H,4-6H2,1-3H3,(H2,11,15)(H2,12,16). The average molecular weight is 244 g/mol. The number of hydrogen-bond acceptors (Lipinski definition) is 4. The van der Waals surface area contributed by atoms with Crippen LogP contribution in [0, 0.1) is 0 Å². The molecule has 0 aliphatic rings. The van der Waals surface area contributed by atoms with E-state index in [-0.39, 0.29) is 25.2 Å². The van der Waals surface area contributed by atoms with Gasteiger partial charge in [0.2, 0.25) is 17.7 Å². The third kappa shape index (κ3) is 8.21. The topological polar surface area (TPSA) is 119 Å². The molecule has 7 nitrogen and oxygen atoms in total. The zero-order valence-corrected chi connectivity index (χ0v) is 10.4. The van der Waals surface area contributed by atoms with Gasteiger partial charge < -0.3 is 21.7 Å². The average Bonchev–Trinajstić information content (AvgIpc) is 2.10. The van der Waals surface area contributed by atoms with Crippen molar-refractivity contribution in [1.82, 2.24) is 10.2 Å². The van der Waals surface area contributed by atoms with Crippen LogP contribution in [-0.2, 0) is 14.4 Å². The fourth-order valence-electron chi connectivity index (χ4n) is 1.06. The van der Waals surface area contributed by atoms with Gasteiger partial charge in [-0.15, -0.1) is 0 Å². The molecule has 0 aliphatic heterocycles. The van der Waals surface area contributed by atoms with E-state index in [1.54, 1.807) is 0 Å². The number of hydrogen-bond donors (Lipinski definition) is 3. The smallest absolute Gasteiger partial charge is 0.237 e. The van der Waals surface area contributed by atoms with E-state index in [0.29, 0.717) is 0 Å². The van der Waals surface area contributed by atoms with Crippen LogP contribution >= 0.6 is 0 Å². The maximum absolute atomic E-state index is 11.7. The van der Waals surface area contributed by atoms with Crippen LogP contribution in [0.3, 0.4) is 0 Å². The molecule has 0 radical (unpaired) electrons. The highest BCUT2D eigenvalue weighted by molar-refractivity contribution is 5.88. The minimum absolute atomic E-state index is 0.0179. The van der Waals surface area contributed by atoms with Crippen LogP contribution < -0.4 is 16.8 Å². The van der Waals surface area contributed by atoms with Crippen molar-refractivity contribution in [2.45, 2.75) is 26.3 Å². The van der Waals surface area contributed by atoms with Crippen LogP contribution in [0.15, 0.2) is 0 Å². The largest absolute Gasteiger partial charge is 0.368 e. The van der Waals surface area contributed by atoms with Crippen molar-refractivity contribution in [2.75, 3.05) is 19.6 Å². The fraction of sp³-hybridized carbons (Fsp3) is 0.700. The predicted molar refractivity (Wildman–Crippen MR) is 62.7 cm³/mol. The normalized spacial score (nSPS) is 11.0. The third-order valence-electron chi connectivity index (χ3n) is 1.82. The van der Waals surface area contributed by atoms with E-state index in [4.69, 9.17) is 11.5 Å². The molecule has 3 amide bonds. The first kappa shape index (κ1) is 15.4. The Labute approximate surface area is 100 Å². The van der Waals surface area contributed by atoms with Crippen molar-refractivity contribution < 1.29 is 14.4 Å². The molecule has 5 N–H and O–H groups in total. The van der Waals surface area contributed by atoms with Crippen molar-refractivity contribution in [3.05, 3.63) is 0 Å². The summed E-state index contributed by atoms with van der Waals surface area (Å²) in [6.07, 6.45) is 0. The molecular formula is C10H20N4O3. The highest BCUT2D eigenvalue weighted by atomic mass is 16.2. The Kier molecular flexibility index (Phi) is 5.60. The molecule has 0 aliphatic carbocycles. The van der Waals surface area contributed by atoms with E-state index < -0.39 is 17.7 Å². The number of nitrogens with zero attached hydrogens (tertiary/aromatic N) is 1. The number of carbonyl (C=O) groups excluding carboxylic acids is 3. The summed E-state index contributed by atoms with van der Waals surface area (Å²) < 4.78 is 0. The molecule has 17 heavy (non-hydrogen) atoms. The Morgan fingerprint density at radius 2 is 1.47 bits per heavy atom. The van der Waals surface area contributed by atoms with Crippen LogP contribution in [0.5, 0.6) is 0 Å². The number of nitrogens with one attached hydrogen (secondary N) is 1. The lowest BCUT2D eigenvalue weighted by Gasteiger charge is -2.24. The van der Waals surface area contributed by atoms with Gasteiger partial charge in [-0.2, -0.15) is 0 Å².